The van der Waals surface area contributed by atoms with E-state index in [0.29, 0.717) is 29.2 Å². The molecule has 0 heterocycles. The average Bonchev–Trinajstić information content (AvgIpc) is 3.03. The molecule has 0 saturated heterocycles. The average molecular weight is 459 g/mol. The first kappa shape index (κ1) is 25.5. The number of urea groups is 1. The first-order valence-electron chi connectivity index (χ1n) is 10.9. The molecule has 2 rings (SSSR count). The van der Waals surface area contributed by atoms with Crippen LogP contribution in [0.2, 0.25) is 0 Å². The molecule has 1 aliphatic carbocycles. The highest BCUT2D eigenvalue weighted by Gasteiger charge is 2.14. The van der Waals surface area contributed by atoms with Crippen molar-refractivity contribution in [1.82, 2.24) is 15.5 Å². The fourth-order valence-corrected chi connectivity index (χ4v) is 3.73. The lowest BCUT2D eigenvalue weighted by molar-refractivity contribution is 0.0945. The Labute approximate surface area is 195 Å². The van der Waals surface area contributed by atoms with Gasteiger partial charge in [0.15, 0.2) is 0 Å². The molecule has 0 aromatic heterocycles. The Morgan fingerprint density at radius 1 is 1.16 bits per heavy atom. The van der Waals surface area contributed by atoms with Gasteiger partial charge >= 0.3 is 6.03 Å². The second-order valence-corrected chi connectivity index (χ2v) is 8.18. The van der Waals surface area contributed by atoms with E-state index in [0.717, 1.165) is 32.5 Å². The summed E-state index contributed by atoms with van der Waals surface area (Å²) in [5, 5.41) is 8.56. The van der Waals surface area contributed by atoms with Crippen LogP contribution in [0.15, 0.2) is 53.1 Å². The smallest absolute Gasteiger partial charge is 0.323 e. The Kier molecular flexibility index (Phi) is 10.9. The zero-order valence-corrected chi connectivity index (χ0v) is 20.2. The minimum absolute atomic E-state index is 0.199. The van der Waals surface area contributed by atoms with Crippen molar-refractivity contribution in [2.45, 2.75) is 26.7 Å². The number of allylic oxidation sites excluding steroid dienone is 5. The number of carbonyl (C=O) groups excluding carboxylic acids is 2. The minimum Gasteiger partial charge on any atom is -0.496 e. The van der Waals surface area contributed by atoms with Gasteiger partial charge in [0.1, 0.15) is 5.75 Å². The molecule has 0 unspecified atom stereocenters. The number of nitrogens with one attached hydrogen (secondary N) is 3. The zero-order valence-electron chi connectivity index (χ0n) is 19.4. The molecule has 7 nitrogen and oxygen atoms in total. The van der Waals surface area contributed by atoms with E-state index in [9.17, 15) is 9.59 Å². The first-order chi connectivity index (χ1) is 15.5. The summed E-state index contributed by atoms with van der Waals surface area (Å²) >= 11 is 1.69. The molecule has 0 spiro atoms. The molecule has 8 heteroatoms. The van der Waals surface area contributed by atoms with Gasteiger partial charge in [-0.05, 0) is 61.4 Å². The van der Waals surface area contributed by atoms with Gasteiger partial charge in [-0.15, -0.1) is 11.8 Å². The Balaban J connectivity index is 1.96. The Hall–Kier alpha value is -2.71. The van der Waals surface area contributed by atoms with Crippen molar-refractivity contribution >= 4 is 29.4 Å². The molecule has 174 valence electrons. The predicted molar refractivity (Wildman–Crippen MR) is 133 cm³/mol. The van der Waals surface area contributed by atoms with E-state index in [1.54, 1.807) is 30.0 Å². The molecule has 0 aliphatic heterocycles. The second kappa shape index (κ2) is 13.6. The third-order valence-corrected chi connectivity index (χ3v) is 5.82. The van der Waals surface area contributed by atoms with Crippen molar-refractivity contribution in [3.63, 3.8) is 0 Å². The third-order valence-electron chi connectivity index (χ3n) is 4.99. The van der Waals surface area contributed by atoms with Crippen LogP contribution in [-0.4, -0.2) is 56.4 Å². The maximum absolute atomic E-state index is 12.6. The summed E-state index contributed by atoms with van der Waals surface area (Å²) in [5.74, 6) is 0.206. The Morgan fingerprint density at radius 2 is 1.97 bits per heavy atom. The number of carbonyl (C=O) groups is 2. The number of likely N-dealkylation sites (N-methyl/N-ethyl adjacent to an activating group) is 1. The van der Waals surface area contributed by atoms with Crippen LogP contribution in [0, 0.1) is 0 Å². The highest BCUT2D eigenvalue weighted by atomic mass is 32.2. The van der Waals surface area contributed by atoms with E-state index < -0.39 is 0 Å². The Bertz CT molecular complexity index is 880. The topological polar surface area (TPSA) is 82.7 Å². The molecule has 0 saturated carbocycles. The summed E-state index contributed by atoms with van der Waals surface area (Å²) in [6.07, 6.45) is 11.7. The molecule has 0 fully saturated rings. The van der Waals surface area contributed by atoms with Gasteiger partial charge in [-0.25, -0.2) is 4.79 Å². The van der Waals surface area contributed by atoms with Gasteiger partial charge < -0.3 is 25.6 Å². The minimum atomic E-state index is -0.364. The fraction of sp³-hybridized carbons (Fsp3) is 0.417. The van der Waals surface area contributed by atoms with E-state index in [2.05, 4.69) is 34.7 Å². The molecular weight excluding hydrogens is 424 g/mol. The summed E-state index contributed by atoms with van der Waals surface area (Å²) in [5.41, 5.74) is 1.68. The zero-order chi connectivity index (χ0) is 23.3. The van der Waals surface area contributed by atoms with Gasteiger partial charge in [0.25, 0.3) is 5.91 Å². The standard InChI is InChI=1S/C24H34N4O3S/c1-5-15-28(6-2)16-14-25-23(29)21-13-11-19(17-22(21)31-3)27-24(30)26-18-8-7-9-20(32-4)12-10-18/h7-8,10-13,17H,5-6,9,14-16H2,1-4H3,(H,25,29)(H2,26,27,30). The summed E-state index contributed by atoms with van der Waals surface area (Å²) in [4.78, 5) is 28.5. The largest absolute Gasteiger partial charge is 0.496 e. The number of methoxy groups -OCH3 is 1. The molecule has 0 bridgehead atoms. The number of hydrogen-bond donors (Lipinski definition) is 3. The summed E-state index contributed by atoms with van der Waals surface area (Å²) in [7, 11) is 1.51. The van der Waals surface area contributed by atoms with Crippen molar-refractivity contribution in [2.75, 3.05) is 44.9 Å². The lowest BCUT2D eigenvalue weighted by atomic mass is 10.1. The number of rotatable bonds is 11. The van der Waals surface area contributed by atoms with Crippen LogP contribution >= 0.6 is 11.8 Å². The molecule has 32 heavy (non-hydrogen) atoms. The van der Waals surface area contributed by atoms with Gasteiger partial charge in [-0.3, -0.25) is 4.79 Å². The predicted octanol–water partition coefficient (Wildman–Crippen LogP) is 4.37. The van der Waals surface area contributed by atoms with E-state index in [4.69, 9.17) is 4.74 Å². The lowest BCUT2D eigenvalue weighted by Crippen LogP contribution is -2.35. The molecule has 1 aromatic rings. The summed E-state index contributed by atoms with van der Waals surface area (Å²) < 4.78 is 5.39. The van der Waals surface area contributed by atoms with Gasteiger partial charge in [-0.2, -0.15) is 0 Å². The molecule has 3 amide bonds. The molecule has 3 N–H and O–H groups in total. The van der Waals surface area contributed by atoms with Gasteiger partial charge in [0, 0.05) is 30.5 Å². The number of anilines is 1. The van der Waals surface area contributed by atoms with Crippen LogP contribution < -0.4 is 20.7 Å². The Morgan fingerprint density at radius 3 is 2.66 bits per heavy atom. The van der Waals surface area contributed by atoms with Crippen LogP contribution in [0.1, 0.15) is 37.0 Å². The van der Waals surface area contributed by atoms with E-state index in [1.165, 1.54) is 12.0 Å². The number of nitrogens with zero attached hydrogens (tertiary/aromatic N) is 1. The number of hydrogen-bond acceptors (Lipinski definition) is 5. The van der Waals surface area contributed by atoms with E-state index >= 15 is 0 Å². The second-order valence-electron chi connectivity index (χ2n) is 7.25. The maximum atomic E-state index is 12.6. The highest BCUT2D eigenvalue weighted by Crippen LogP contribution is 2.23. The number of benzene rings is 1. The SMILES string of the molecule is CCCN(CC)CCNC(=O)c1ccc(NC(=O)NC2=CC=C(SC)CC=C2)cc1OC. The van der Waals surface area contributed by atoms with Crippen molar-refractivity contribution < 1.29 is 14.3 Å². The van der Waals surface area contributed by atoms with Crippen molar-refractivity contribution in [3.05, 3.63) is 58.7 Å². The van der Waals surface area contributed by atoms with Crippen LogP contribution in [0.3, 0.4) is 0 Å². The first-order valence-corrected chi connectivity index (χ1v) is 12.1. The normalized spacial score (nSPS) is 13.2. The third kappa shape index (κ3) is 8.09. The molecule has 0 atom stereocenters. The highest BCUT2D eigenvalue weighted by molar-refractivity contribution is 8.02. The van der Waals surface area contributed by atoms with Crippen molar-refractivity contribution in [1.29, 1.82) is 0 Å². The van der Waals surface area contributed by atoms with E-state index in [-0.39, 0.29) is 11.9 Å². The van der Waals surface area contributed by atoms with Gasteiger partial charge in [0.2, 0.25) is 0 Å². The van der Waals surface area contributed by atoms with Gasteiger partial charge in [0.05, 0.1) is 12.7 Å². The number of amides is 3. The molecule has 1 aliphatic rings. The van der Waals surface area contributed by atoms with Crippen LogP contribution in [-0.2, 0) is 0 Å². The van der Waals surface area contributed by atoms with Crippen molar-refractivity contribution in [3.8, 4) is 5.75 Å². The lowest BCUT2D eigenvalue weighted by Gasteiger charge is -2.19. The number of thioether (sulfide) groups is 1. The quantitative estimate of drug-likeness (QED) is 0.459. The van der Waals surface area contributed by atoms with Crippen LogP contribution in [0.5, 0.6) is 5.75 Å². The molecular formula is C24H34N4O3S. The van der Waals surface area contributed by atoms with E-state index in [1.807, 2.05) is 30.6 Å². The molecule has 1 aromatic carbocycles. The van der Waals surface area contributed by atoms with Crippen LogP contribution in [0.4, 0.5) is 10.5 Å². The fourth-order valence-electron chi connectivity index (χ4n) is 3.26. The summed E-state index contributed by atoms with van der Waals surface area (Å²) in [6, 6.07) is 4.63. The van der Waals surface area contributed by atoms with Crippen LogP contribution in [0.25, 0.3) is 0 Å². The molecule has 0 radical (unpaired) electrons. The number of ether oxygens (including phenoxy) is 1. The monoisotopic (exact) mass is 458 g/mol. The van der Waals surface area contributed by atoms with Crippen molar-refractivity contribution in [2.24, 2.45) is 0 Å². The van der Waals surface area contributed by atoms with Gasteiger partial charge in [-0.1, -0.05) is 26.0 Å². The maximum Gasteiger partial charge on any atom is 0.323 e. The summed E-state index contributed by atoms with van der Waals surface area (Å²) in [6.45, 7) is 7.59.